The van der Waals surface area contributed by atoms with E-state index in [-0.39, 0.29) is 0 Å². The fourth-order valence-electron chi connectivity index (χ4n) is 2.04. The van der Waals surface area contributed by atoms with Gasteiger partial charge in [-0.25, -0.2) is 9.61 Å². The normalized spacial score (nSPS) is 11.4. The lowest BCUT2D eigenvalue weighted by Gasteiger charge is -2.13. The Morgan fingerprint density at radius 2 is 2.00 bits per heavy atom. The van der Waals surface area contributed by atoms with Crippen molar-refractivity contribution in [1.29, 1.82) is 0 Å². The van der Waals surface area contributed by atoms with Crippen LogP contribution in [0, 0.1) is 13.8 Å². The molecule has 0 unspecified atom stereocenters. The van der Waals surface area contributed by atoms with Crippen molar-refractivity contribution in [3.63, 3.8) is 0 Å². The Morgan fingerprint density at radius 1 is 1.19 bits per heavy atom. The average molecular weight is 304 g/mol. The van der Waals surface area contributed by atoms with Gasteiger partial charge in [-0.15, -0.1) is 0 Å². The predicted octanol–water partition coefficient (Wildman–Crippen LogP) is 3.03. The molecule has 0 aromatic carbocycles. The Balaban J connectivity index is 1.71. The minimum atomic E-state index is 0.662. The van der Waals surface area contributed by atoms with Gasteiger partial charge in [-0.3, -0.25) is 4.90 Å². The van der Waals surface area contributed by atoms with Crippen LogP contribution in [-0.2, 0) is 13.1 Å². The summed E-state index contributed by atoms with van der Waals surface area (Å²) in [7, 11) is 2.01. The lowest BCUT2D eigenvalue weighted by atomic mass is 10.3. The summed E-state index contributed by atoms with van der Waals surface area (Å²) in [4.78, 5) is 6.69. The lowest BCUT2D eigenvalue weighted by Crippen LogP contribution is -2.18. The molecule has 0 bridgehead atoms. The van der Waals surface area contributed by atoms with E-state index in [0.29, 0.717) is 19.0 Å². The lowest BCUT2D eigenvalue weighted by molar-refractivity contribution is 0.277. The first-order valence-corrected chi connectivity index (χ1v) is 7.53. The number of aryl methyl sites for hydroxylation is 2. The quantitative estimate of drug-likeness (QED) is 0.721. The van der Waals surface area contributed by atoms with Gasteiger partial charge in [-0.1, -0.05) is 10.3 Å². The van der Waals surface area contributed by atoms with E-state index in [2.05, 4.69) is 20.2 Å². The molecule has 0 fully saturated rings. The van der Waals surface area contributed by atoms with E-state index < -0.39 is 0 Å². The van der Waals surface area contributed by atoms with E-state index in [1.807, 2.05) is 37.7 Å². The fourth-order valence-corrected chi connectivity index (χ4v) is 2.67. The highest BCUT2D eigenvalue weighted by molar-refractivity contribution is 7.08. The summed E-state index contributed by atoms with van der Waals surface area (Å²) >= 11 is 1.63. The van der Waals surface area contributed by atoms with Crippen molar-refractivity contribution in [3.05, 3.63) is 39.7 Å². The largest absolute Gasteiger partial charge is 0.441 e. The number of rotatable bonds is 5. The highest BCUT2D eigenvalue weighted by atomic mass is 32.1. The summed E-state index contributed by atoms with van der Waals surface area (Å²) in [5.41, 5.74) is 3.62. The molecule has 110 valence electrons. The number of hydrogen-bond donors (Lipinski definition) is 0. The molecule has 0 spiro atoms. The van der Waals surface area contributed by atoms with Crippen molar-refractivity contribution in [1.82, 2.24) is 20.2 Å². The van der Waals surface area contributed by atoms with Crippen LogP contribution in [0.15, 0.2) is 25.9 Å². The Labute approximate surface area is 126 Å². The highest BCUT2D eigenvalue weighted by Crippen LogP contribution is 2.24. The maximum Gasteiger partial charge on any atom is 0.227 e. The highest BCUT2D eigenvalue weighted by Gasteiger charge is 2.15. The van der Waals surface area contributed by atoms with E-state index >= 15 is 0 Å². The zero-order chi connectivity index (χ0) is 14.8. The number of hydrogen-bond acceptors (Lipinski definition) is 7. The van der Waals surface area contributed by atoms with Gasteiger partial charge in [-0.2, -0.15) is 11.3 Å². The summed E-state index contributed by atoms with van der Waals surface area (Å²) in [5, 5.41) is 11.7. The smallest absolute Gasteiger partial charge is 0.227 e. The molecule has 0 aliphatic rings. The molecule has 3 aromatic rings. The van der Waals surface area contributed by atoms with Gasteiger partial charge in [0.15, 0.2) is 0 Å². The second-order valence-corrected chi connectivity index (χ2v) is 5.78. The molecule has 0 aliphatic heterocycles. The molecule has 3 aromatic heterocycles. The van der Waals surface area contributed by atoms with Crippen molar-refractivity contribution in [2.75, 3.05) is 7.05 Å². The van der Waals surface area contributed by atoms with Crippen molar-refractivity contribution < 1.29 is 9.05 Å². The summed E-state index contributed by atoms with van der Waals surface area (Å²) in [5.74, 6) is 1.52. The van der Waals surface area contributed by atoms with Crippen LogP contribution >= 0.6 is 11.3 Å². The van der Waals surface area contributed by atoms with Gasteiger partial charge < -0.3 is 4.42 Å². The summed E-state index contributed by atoms with van der Waals surface area (Å²) in [6, 6.07) is 2.01. The Bertz CT molecular complexity index is 717. The van der Waals surface area contributed by atoms with Crippen LogP contribution in [0.4, 0.5) is 0 Å². The molecule has 0 aliphatic carbocycles. The fraction of sp³-hybridized carbons (Fsp3) is 0.357. The Morgan fingerprint density at radius 3 is 2.67 bits per heavy atom. The second kappa shape index (κ2) is 5.79. The zero-order valence-electron chi connectivity index (χ0n) is 12.2. The monoisotopic (exact) mass is 304 g/mol. The van der Waals surface area contributed by atoms with Gasteiger partial charge in [0, 0.05) is 24.0 Å². The van der Waals surface area contributed by atoms with Crippen LogP contribution in [0.5, 0.6) is 0 Å². The van der Waals surface area contributed by atoms with Crippen molar-refractivity contribution >= 4 is 11.3 Å². The molecule has 0 N–H and O–H groups in total. The minimum Gasteiger partial charge on any atom is -0.441 e. The molecule has 21 heavy (non-hydrogen) atoms. The number of nitrogens with zero attached hydrogens (tertiary/aromatic N) is 4. The van der Waals surface area contributed by atoms with Gasteiger partial charge in [-0.05, 0) is 32.3 Å². The maximum absolute atomic E-state index is 5.74. The molecule has 0 saturated carbocycles. The number of aromatic nitrogens is 3. The minimum absolute atomic E-state index is 0.662. The second-order valence-electron chi connectivity index (χ2n) is 5.00. The predicted molar refractivity (Wildman–Crippen MR) is 78.8 cm³/mol. The molecular formula is C14H16N4O2S. The van der Waals surface area contributed by atoms with Crippen LogP contribution < -0.4 is 0 Å². The molecule has 0 saturated heterocycles. The molecule has 6 nitrogen and oxygen atoms in total. The van der Waals surface area contributed by atoms with Crippen LogP contribution in [0.2, 0.25) is 0 Å². The van der Waals surface area contributed by atoms with Crippen molar-refractivity contribution in [2.24, 2.45) is 0 Å². The molecule has 3 heterocycles. The SMILES string of the molecule is Cc1nonc1CN(C)Cc1nc(-c2ccsc2)oc1C. The third-order valence-electron chi connectivity index (χ3n) is 3.25. The third kappa shape index (κ3) is 3.03. The first-order chi connectivity index (χ1) is 10.1. The van der Waals surface area contributed by atoms with Gasteiger partial charge in [0.05, 0.1) is 5.69 Å². The molecule has 0 atom stereocenters. The van der Waals surface area contributed by atoms with E-state index in [4.69, 9.17) is 9.05 Å². The molecule has 0 amide bonds. The summed E-state index contributed by atoms with van der Waals surface area (Å²) < 4.78 is 10.5. The molecule has 7 heteroatoms. The van der Waals surface area contributed by atoms with Gasteiger partial charge in [0.1, 0.15) is 17.1 Å². The van der Waals surface area contributed by atoms with E-state index in [1.165, 1.54) is 0 Å². The summed E-state index contributed by atoms with van der Waals surface area (Å²) in [6.45, 7) is 5.17. The maximum atomic E-state index is 5.74. The number of oxazole rings is 1. The molecular weight excluding hydrogens is 288 g/mol. The average Bonchev–Trinajstić information content (AvgIpc) is 3.14. The summed E-state index contributed by atoms with van der Waals surface area (Å²) in [6.07, 6.45) is 0. The van der Waals surface area contributed by atoms with E-state index in [9.17, 15) is 0 Å². The molecule has 0 radical (unpaired) electrons. The first kappa shape index (κ1) is 14.0. The van der Waals surface area contributed by atoms with Gasteiger partial charge >= 0.3 is 0 Å². The van der Waals surface area contributed by atoms with Crippen LogP contribution in [0.25, 0.3) is 11.5 Å². The first-order valence-electron chi connectivity index (χ1n) is 6.59. The Hall–Kier alpha value is -1.99. The Kier molecular flexibility index (Phi) is 3.85. The van der Waals surface area contributed by atoms with Crippen molar-refractivity contribution in [3.8, 4) is 11.5 Å². The van der Waals surface area contributed by atoms with Crippen molar-refractivity contribution in [2.45, 2.75) is 26.9 Å². The van der Waals surface area contributed by atoms with Crippen LogP contribution in [-0.4, -0.2) is 27.2 Å². The molecule has 3 rings (SSSR count). The van der Waals surface area contributed by atoms with Gasteiger partial charge in [0.2, 0.25) is 5.89 Å². The van der Waals surface area contributed by atoms with E-state index in [1.54, 1.807) is 11.3 Å². The van der Waals surface area contributed by atoms with Gasteiger partial charge in [0.25, 0.3) is 0 Å². The topological polar surface area (TPSA) is 68.2 Å². The van der Waals surface area contributed by atoms with E-state index in [0.717, 1.165) is 28.4 Å². The third-order valence-corrected chi connectivity index (χ3v) is 3.93. The standard InChI is InChI=1S/C14H16N4O2S/c1-9-12(17-20-16-9)6-18(3)7-13-10(2)19-14(15-13)11-4-5-21-8-11/h4-5,8H,6-7H2,1-3H3. The van der Waals surface area contributed by atoms with Crippen LogP contribution in [0.1, 0.15) is 22.8 Å². The zero-order valence-corrected chi connectivity index (χ0v) is 13.0. The van der Waals surface area contributed by atoms with Crippen LogP contribution in [0.3, 0.4) is 0 Å². The number of thiophene rings is 1.